The highest BCUT2D eigenvalue weighted by Gasteiger charge is 1.76. The van der Waals surface area contributed by atoms with Gasteiger partial charge < -0.3 is 9.96 Å². The molecule has 0 rings (SSSR count). The normalized spacial score (nSPS) is 13.3. The van der Waals surface area contributed by atoms with E-state index in [0.29, 0.717) is 6.42 Å². The summed E-state index contributed by atoms with van der Waals surface area (Å²) >= 11 is -1.97. The van der Waals surface area contributed by atoms with Gasteiger partial charge in [-0.1, -0.05) is 11.1 Å². The van der Waals surface area contributed by atoms with Gasteiger partial charge in [0.1, 0.15) is 0 Å². The van der Waals surface area contributed by atoms with Crippen molar-refractivity contribution in [3.05, 3.63) is 0 Å². The third-order valence-electron chi connectivity index (χ3n) is 0.429. The third kappa shape index (κ3) is 5.78. The summed E-state index contributed by atoms with van der Waals surface area (Å²) < 4.78 is 19.3. The predicted octanol–water partition coefficient (Wildman–Crippen LogP) is -0.0948. The van der Waals surface area contributed by atoms with Crippen molar-refractivity contribution >= 4 is 17.3 Å². The molecular formula is C3H6NO2S-. The van der Waals surface area contributed by atoms with Gasteiger partial charge in [-0.05, 0) is 12.6 Å². The minimum atomic E-state index is -1.97. The Labute approximate surface area is 44.5 Å². The van der Waals surface area contributed by atoms with E-state index in [1.165, 1.54) is 0 Å². The summed E-state index contributed by atoms with van der Waals surface area (Å²) in [5, 5.41) is 6.40. The van der Waals surface area contributed by atoms with Gasteiger partial charge in [-0.25, -0.2) is 0 Å². The molecular weight excluding hydrogens is 114 g/mol. The summed E-state index contributed by atoms with van der Waals surface area (Å²) in [6.45, 7) is 0. The molecule has 1 atom stereocenters. The summed E-state index contributed by atoms with van der Waals surface area (Å²) in [6, 6.07) is 0. The van der Waals surface area contributed by atoms with Gasteiger partial charge in [-0.3, -0.25) is 4.21 Å². The molecule has 0 fully saturated rings. The largest absolute Gasteiger partial charge is 0.772 e. The molecule has 0 saturated carbocycles. The van der Waals surface area contributed by atoms with Gasteiger partial charge in [0.05, 0.1) is 0 Å². The van der Waals surface area contributed by atoms with Gasteiger partial charge in [-0.2, -0.15) is 0 Å². The fraction of sp³-hybridized carbons (Fsp3) is 0.667. The maximum atomic E-state index is 9.65. The van der Waals surface area contributed by atoms with Crippen molar-refractivity contribution in [1.29, 1.82) is 5.41 Å². The van der Waals surface area contributed by atoms with Crippen LogP contribution in [-0.4, -0.2) is 20.7 Å². The van der Waals surface area contributed by atoms with Crippen molar-refractivity contribution in [3.8, 4) is 0 Å². The van der Waals surface area contributed by atoms with Gasteiger partial charge in [-0.15, -0.1) is 0 Å². The van der Waals surface area contributed by atoms with Crippen LogP contribution in [0.3, 0.4) is 0 Å². The molecule has 7 heavy (non-hydrogen) atoms. The molecule has 0 aromatic rings. The molecule has 0 saturated heterocycles. The molecule has 0 aliphatic heterocycles. The molecule has 1 N–H and O–H groups in total. The Kier molecular flexibility index (Phi) is 3.83. The summed E-state index contributed by atoms with van der Waals surface area (Å²) in [4.78, 5) is 0. The van der Waals surface area contributed by atoms with Crippen LogP contribution in [0, 0.1) is 5.41 Å². The van der Waals surface area contributed by atoms with Crippen molar-refractivity contribution < 1.29 is 8.76 Å². The van der Waals surface area contributed by atoms with E-state index in [1.807, 2.05) is 0 Å². The van der Waals surface area contributed by atoms with Crippen LogP contribution in [0.4, 0.5) is 0 Å². The minimum absolute atomic E-state index is 0.0729. The van der Waals surface area contributed by atoms with Gasteiger partial charge in [0.2, 0.25) is 0 Å². The highest BCUT2D eigenvalue weighted by atomic mass is 32.2. The molecule has 0 radical (unpaired) electrons. The van der Waals surface area contributed by atoms with E-state index >= 15 is 0 Å². The van der Waals surface area contributed by atoms with Crippen LogP contribution in [0.25, 0.3) is 0 Å². The van der Waals surface area contributed by atoms with E-state index in [0.717, 1.165) is 6.21 Å². The topological polar surface area (TPSA) is 64.0 Å². The van der Waals surface area contributed by atoms with Crippen molar-refractivity contribution in [2.24, 2.45) is 0 Å². The van der Waals surface area contributed by atoms with Crippen molar-refractivity contribution in [3.63, 3.8) is 0 Å². The Morgan fingerprint density at radius 2 is 2.43 bits per heavy atom. The maximum absolute atomic E-state index is 9.65. The second kappa shape index (κ2) is 3.95. The fourth-order valence-electron chi connectivity index (χ4n) is 0.155. The molecule has 0 spiro atoms. The molecule has 42 valence electrons. The van der Waals surface area contributed by atoms with E-state index in [1.54, 1.807) is 0 Å². The van der Waals surface area contributed by atoms with E-state index < -0.39 is 11.1 Å². The lowest BCUT2D eigenvalue weighted by molar-refractivity contribution is 0.537. The van der Waals surface area contributed by atoms with E-state index in [9.17, 15) is 8.76 Å². The Hall–Kier alpha value is -0.220. The standard InChI is InChI=1S/C3H7NO2S/c4-2-1-3-7(5)6/h2,4H,1,3H2,(H,5,6)/p-1. The Morgan fingerprint density at radius 3 is 2.57 bits per heavy atom. The van der Waals surface area contributed by atoms with Crippen LogP contribution in [0.5, 0.6) is 0 Å². The summed E-state index contributed by atoms with van der Waals surface area (Å²) in [6.07, 6.45) is 1.41. The van der Waals surface area contributed by atoms with E-state index in [4.69, 9.17) is 5.41 Å². The Morgan fingerprint density at radius 1 is 1.86 bits per heavy atom. The van der Waals surface area contributed by atoms with Crippen LogP contribution >= 0.6 is 0 Å². The van der Waals surface area contributed by atoms with Gasteiger partial charge in [0, 0.05) is 5.75 Å². The Bertz CT molecular complexity index is 83.0. The third-order valence-corrected chi connectivity index (χ3v) is 0.998. The molecule has 0 aromatic heterocycles. The summed E-state index contributed by atoms with van der Waals surface area (Å²) in [5.41, 5.74) is 0. The molecule has 0 aliphatic rings. The smallest absolute Gasteiger partial charge is 0.0151 e. The lowest BCUT2D eigenvalue weighted by Crippen LogP contribution is -1.93. The van der Waals surface area contributed by atoms with Crippen LogP contribution in [0.1, 0.15) is 6.42 Å². The second-order valence-corrected chi connectivity index (χ2v) is 2.02. The van der Waals surface area contributed by atoms with Gasteiger partial charge >= 0.3 is 0 Å². The lowest BCUT2D eigenvalue weighted by Gasteiger charge is -1.97. The summed E-state index contributed by atoms with van der Waals surface area (Å²) in [5.74, 6) is 0.0729. The van der Waals surface area contributed by atoms with Crippen LogP contribution in [0.2, 0.25) is 0 Å². The second-order valence-electron chi connectivity index (χ2n) is 1.00. The van der Waals surface area contributed by atoms with E-state index in [-0.39, 0.29) is 5.75 Å². The molecule has 0 aliphatic carbocycles. The van der Waals surface area contributed by atoms with Crippen LogP contribution in [-0.2, 0) is 11.1 Å². The first-order valence-corrected chi connectivity index (χ1v) is 3.06. The van der Waals surface area contributed by atoms with Crippen LogP contribution < -0.4 is 0 Å². The van der Waals surface area contributed by atoms with Crippen molar-refractivity contribution in [2.45, 2.75) is 6.42 Å². The Balaban J connectivity index is 2.97. The van der Waals surface area contributed by atoms with Crippen molar-refractivity contribution in [1.82, 2.24) is 0 Å². The zero-order valence-corrected chi connectivity index (χ0v) is 4.53. The molecule has 0 aromatic carbocycles. The SMILES string of the molecule is N=CCCS(=O)[O-]. The monoisotopic (exact) mass is 120 g/mol. The average molecular weight is 120 g/mol. The van der Waals surface area contributed by atoms with Gasteiger partial charge in [0.25, 0.3) is 0 Å². The first kappa shape index (κ1) is 6.78. The molecule has 0 amide bonds. The number of rotatable bonds is 3. The molecule has 4 heteroatoms. The average Bonchev–Trinajstić information content (AvgIpc) is 1.61. The number of nitrogens with one attached hydrogen (secondary N) is 1. The fourth-order valence-corrected chi connectivity index (χ4v) is 0.465. The highest BCUT2D eigenvalue weighted by Crippen LogP contribution is 1.75. The number of hydrogen-bond donors (Lipinski definition) is 1. The van der Waals surface area contributed by atoms with Crippen molar-refractivity contribution in [2.75, 3.05) is 5.75 Å². The maximum Gasteiger partial charge on any atom is 0.0151 e. The molecule has 3 nitrogen and oxygen atoms in total. The quantitative estimate of drug-likeness (QED) is 0.417. The number of hydrogen-bond acceptors (Lipinski definition) is 3. The van der Waals surface area contributed by atoms with Gasteiger partial charge in [0.15, 0.2) is 0 Å². The highest BCUT2D eigenvalue weighted by molar-refractivity contribution is 7.79. The minimum Gasteiger partial charge on any atom is -0.772 e. The molecule has 1 unspecified atom stereocenters. The molecule has 0 bridgehead atoms. The predicted molar refractivity (Wildman–Crippen MR) is 27.2 cm³/mol. The zero-order chi connectivity index (χ0) is 5.70. The molecule has 0 heterocycles. The van der Waals surface area contributed by atoms with E-state index in [2.05, 4.69) is 0 Å². The zero-order valence-electron chi connectivity index (χ0n) is 3.72. The summed E-state index contributed by atoms with van der Waals surface area (Å²) in [7, 11) is 0. The first-order chi connectivity index (χ1) is 3.27. The van der Waals surface area contributed by atoms with Crippen LogP contribution in [0.15, 0.2) is 0 Å². The first-order valence-electron chi connectivity index (χ1n) is 1.82. The lowest BCUT2D eigenvalue weighted by atomic mass is 10.5.